The summed E-state index contributed by atoms with van der Waals surface area (Å²) in [4.78, 5) is 46.1. The van der Waals surface area contributed by atoms with Crippen LogP contribution in [0.15, 0.2) is 47.5 Å². The number of aliphatic hydroxyl groups is 1. The van der Waals surface area contributed by atoms with E-state index in [0.717, 1.165) is 12.0 Å². The number of carbonyl (C=O) groups excluding carboxylic acids is 2. The number of benzene rings is 1. The Morgan fingerprint density at radius 3 is 2.51 bits per heavy atom. The van der Waals surface area contributed by atoms with Gasteiger partial charge in [0.2, 0.25) is 5.91 Å². The molecule has 0 unspecified atom stereocenters. The fourth-order valence-corrected chi connectivity index (χ4v) is 5.21. The van der Waals surface area contributed by atoms with E-state index in [1.165, 1.54) is 17.0 Å². The lowest BCUT2D eigenvalue weighted by molar-refractivity contribution is -0.136. The van der Waals surface area contributed by atoms with Crippen molar-refractivity contribution in [2.24, 2.45) is 0 Å². The maximum Gasteiger partial charge on any atom is 0.407 e. The second kappa shape index (κ2) is 11.8. The average Bonchev–Trinajstić information content (AvgIpc) is 3.33. The molecule has 2 aromatic rings. The summed E-state index contributed by atoms with van der Waals surface area (Å²) in [6, 6.07) is 11.4. The van der Waals surface area contributed by atoms with E-state index in [4.69, 9.17) is 4.74 Å². The summed E-state index contributed by atoms with van der Waals surface area (Å²) in [6.07, 6.45) is 2.97. The van der Waals surface area contributed by atoms with Gasteiger partial charge in [-0.25, -0.2) is 9.78 Å². The molecule has 2 atom stereocenters. The van der Waals surface area contributed by atoms with E-state index < -0.39 is 17.3 Å². The Balaban J connectivity index is 1.27. The highest BCUT2D eigenvalue weighted by molar-refractivity contribution is 5.77. The normalized spacial score (nSPS) is 20.0. The molecule has 2 fully saturated rings. The summed E-state index contributed by atoms with van der Waals surface area (Å²) in [5.74, 6) is 0.757. The van der Waals surface area contributed by atoms with E-state index in [-0.39, 0.29) is 30.0 Å². The van der Waals surface area contributed by atoms with Crippen LogP contribution < -0.4 is 15.8 Å². The van der Waals surface area contributed by atoms with E-state index in [1.54, 1.807) is 0 Å². The highest BCUT2D eigenvalue weighted by atomic mass is 16.6. The monoisotopic (exact) mass is 539 g/mol. The Morgan fingerprint density at radius 1 is 1.18 bits per heavy atom. The Bertz CT molecular complexity index is 1200. The van der Waals surface area contributed by atoms with Crippen molar-refractivity contribution in [3.05, 3.63) is 58.6 Å². The van der Waals surface area contributed by atoms with Gasteiger partial charge in [0.05, 0.1) is 24.5 Å². The van der Waals surface area contributed by atoms with Crippen LogP contribution in [0.5, 0.6) is 0 Å². The lowest BCUT2D eigenvalue weighted by Gasteiger charge is -2.38. The molecular formula is C29H41N5O5. The molecule has 2 aliphatic rings. The van der Waals surface area contributed by atoms with E-state index in [1.807, 2.05) is 60.9 Å². The zero-order chi connectivity index (χ0) is 28.2. The molecule has 1 aromatic carbocycles. The number of amides is 2. The first-order chi connectivity index (χ1) is 18.4. The minimum atomic E-state index is -1.08. The highest BCUT2D eigenvalue weighted by Crippen LogP contribution is 2.26. The summed E-state index contributed by atoms with van der Waals surface area (Å²) < 4.78 is 6.76. The number of anilines is 1. The topological polar surface area (TPSA) is 117 Å². The van der Waals surface area contributed by atoms with Crippen LogP contribution in [0.1, 0.15) is 64.9 Å². The summed E-state index contributed by atoms with van der Waals surface area (Å²) in [7, 11) is 0. The predicted molar refractivity (Wildman–Crippen MR) is 149 cm³/mol. The number of alkyl carbamates (subject to hydrolysis) is 1. The van der Waals surface area contributed by atoms with Gasteiger partial charge in [-0.2, -0.15) is 0 Å². The van der Waals surface area contributed by atoms with Crippen LogP contribution in [-0.2, 0) is 16.1 Å². The van der Waals surface area contributed by atoms with Crippen LogP contribution in [0, 0.1) is 0 Å². The third-order valence-corrected chi connectivity index (χ3v) is 7.46. The number of nitrogens with zero attached hydrogens (tertiary/aromatic N) is 4. The van der Waals surface area contributed by atoms with Gasteiger partial charge in [-0.3, -0.25) is 14.2 Å². The first-order valence-corrected chi connectivity index (χ1v) is 13.8. The largest absolute Gasteiger partial charge is 0.444 e. The maximum absolute atomic E-state index is 12.9. The van der Waals surface area contributed by atoms with Gasteiger partial charge in [0.25, 0.3) is 5.56 Å². The number of carbonyl (C=O) groups is 2. The zero-order valence-electron chi connectivity index (χ0n) is 23.4. The number of nitrogens with one attached hydrogen (secondary N) is 1. The molecule has 39 heavy (non-hydrogen) atoms. The van der Waals surface area contributed by atoms with Gasteiger partial charge < -0.3 is 25.0 Å². The number of likely N-dealkylation sites (tertiary alicyclic amines) is 1. The summed E-state index contributed by atoms with van der Waals surface area (Å²) in [6.45, 7) is 9.74. The molecule has 0 aliphatic carbocycles. The highest BCUT2D eigenvalue weighted by Gasteiger charge is 2.35. The average molecular weight is 540 g/mol. The molecule has 2 aliphatic heterocycles. The predicted octanol–water partition coefficient (Wildman–Crippen LogP) is 2.89. The first-order valence-electron chi connectivity index (χ1n) is 13.8. The smallest absolute Gasteiger partial charge is 0.407 e. The standard InChI is InChI=1S/C29H41N5O5/c1-21(22-8-6-5-7-9-22)16-25(35)32-14-11-29(38,12-15-32)19-34-20-30-24(17-26(34)36)33-13-10-23(18-33)31-27(37)39-28(2,3)4/h5-9,17,20-21,23,38H,10-16,18-19H2,1-4H3,(H,31,37)/t21-,23+/m1/s1. The van der Waals surface area contributed by atoms with Gasteiger partial charge in [0, 0.05) is 38.7 Å². The molecule has 2 saturated heterocycles. The molecule has 0 saturated carbocycles. The van der Waals surface area contributed by atoms with Crippen LogP contribution in [0.4, 0.5) is 10.6 Å². The number of hydrogen-bond donors (Lipinski definition) is 2. The van der Waals surface area contributed by atoms with Crippen LogP contribution in [-0.4, -0.2) is 75.0 Å². The van der Waals surface area contributed by atoms with Gasteiger partial charge in [0.1, 0.15) is 11.4 Å². The molecule has 3 heterocycles. The Hall–Kier alpha value is -3.40. The molecule has 10 nitrogen and oxygen atoms in total. The lowest BCUT2D eigenvalue weighted by atomic mass is 9.90. The summed E-state index contributed by atoms with van der Waals surface area (Å²) in [5, 5.41) is 14.1. The van der Waals surface area contributed by atoms with Crippen molar-refractivity contribution >= 4 is 17.8 Å². The van der Waals surface area contributed by atoms with Gasteiger partial charge in [-0.05, 0) is 51.5 Å². The van der Waals surface area contributed by atoms with E-state index >= 15 is 0 Å². The molecule has 1 aromatic heterocycles. The summed E-state index contributed by atoms with van der Waals surface area (Å²) in [5.41, 5.74) is -0.748. The third kappa shape index (κ3) is 7.81. The molecule has 0 bridgehead atoms. The van der Waals surface area contributed by atoms with Gasteiger partial charge >= 0.3 is 6.09 Å². The Labute approximate surface area is 230 Å². The molecule has 212 valence electrons. The van der Waals surface area contributed by atoms with E-state index in [9.17, 15) is 19.5 Å². The number of piperidine rings is 1. The van der Waals surface area contributed by atoms with E-state index in [0.29, 0.717) is 51.3 Å². The lowest BCUT2D eigenvalue weighted by Crippen LogP contribution is -2.49. The number of rotatable bonds is 7. The van der Waals surface area contributed by atoms with Crippen molar-refractivity contribution < 1.29 is 19.4 Å². The fraction of sp³-hybridized carbons (Fsp3) is 0.586. The SMILES string of the molecule is C[C@H](CC(=O)N1CCC(O)(Cn2cnc(N3CC[C@H](NC(=O)OC(C)(C)C)C3)cc2=O)CC1)c1ccccc1. The fourth-order valence-electron chi connectivity index (χ4n) is 5.21. The summed E-state index contributed by atoms with van der Waals surface area (Å²) >= 11 is 0. The van der Waals surface area contributed by atoms with Crippen molar-refractivity contribution in [2.45, 2.75) is 83.1 Å². The molecule has 0 spiro atoms. The maximum atomic E-state index is 12.9. The minimum Gasteiger partial charge on any atom is -0.444 e. The molecular weight excluding hydrogens is 498 g/mol. The third-order valence-electron chi connectivity index (χ3n) is 7.46. The molecule has 2 N–H and O–H groups in total. The van der Waals surface area contributed by atoms with Crippen LogP contribution in [0.25, 0.3) is 0 Å². The molecule has 10 heteroatoms. The second-order valence-corrected chi connectivity index (χ2v) is 11.9. The van der Waals surface area contributed by atoms with Crippen LogP contribution >= 0.6 is 0 Å². The second-order valence-electron chi connectivity index (χ2n) is 11.9. The van der Waals surface area contributed by atoms with Crippen molar-refractivity contribution in [2.75, 3.05) is 31.1 Å². The number of hydrogen-bond acceptors (Lipinski definition) is 7. The molecule has 4 rings (SSSR count). The number of aromatic nitrogens is 2. The Morgan fingerprint density at radius 2 is 1.87 bits per heavy atom. The van der Waals surface area contributed by atoms with Gasteiger partial charge in [0.15, 0.2) is 0 Å². The van der Waals surface area contributed by atoms with Crippen molar-refractivity contribution in [1.82, 2.24) is 19.8 Å². The van der Waals surface area contributed by atoms with E-state index in [2.05, 4.69) is 17.2 Å². The Kier molecular flexibility index (Phi) is 8.64. The van der Waals surface area contributed by atoms with Crippen molar-refractivity contribution in [1.29, 1.82) is 0 Å². The molecule has 2 amide bonds. The zero-order valence-corrected chi connectivity index (χ0v) is 23.4. The quantitative estimate of drug-likeness (QED) is 0.556. The first kappa shape index (κ1) is 28.6. The van der Waals surface area contributed by atoms with Crippen LogP contribution in [0.2, 0.25) is 0 Å². The molecule has 0 radical (unpaired) electrons. The van der Waals surface area contributed by atoms with Gasteiger partial charge in [-0.15, -0.1) is 0 Å². The van der Waals surface area contributed by atoms with Gasteiger partial charge in [-0.1, -0.05) is 37.3 Å². The minimum absolute atomic E-state index is 0.0849. The van der Waals surface area contributed by atoms with Crippen molar-refractivity contribution in [3.8, 4) is 0 Å². The van der Waals surface area contributed by atoms with Crippen molar-refractivity contribution in [3.63, 3.8) is 0 Å². The van der Waals surface area contributed by atoms with Crippen LogP contribution in [0.3, 0.4) is 0 Å². The number of ether oxygens (including phenoxy) is 1.